The number of hydrogen-bond acceptors (Lipinski definition) is 9. The van der Waals surface area contributed by atoms with Crippen molar-refractivity contribution in [2.75, 3.05) is 18.9 Å². The summed E-state index contributed by atoms with van der Waals surface area (Å²) in [6.45, 7) is 7.96. The van der Waals surface area contributed by atoms with Crippen molar-refractivity contribution in [3.8, 4) is 0 Å². The van der Waals surface area contributed by atoms with Gasteiger partial charge in [0.1, 0.15) is 36.7 Å². The summed E-state index contributed by atoms with van der Waals surface area (Å²) in [5, 5.41) is 2.53. The van der Waals surface area contributed by atoms with Crippen LogP contribution in [0.1, 0.15) is 40.3 Å². The number of imidazole rings is 1. The first-order valence-electron chi connectivity index (χ1n) is 9.53. The molecule has 0 radical (unpaired) electrons. The molecular formula is C18H27N6O5P. The Labute approximate surface area is 174 Å². The van der Waals surface area contributed by atoms with Crippen LogP contribution in [0.25, 0.3) is 11.2 Å². The van der Waals surface area contributed by atoms with E-state index in [1.165, 1.54) is 12.6 Å². The molecule has 0 saturated carbocycles. The molecule has 0 bridgehead atoms. The highest BCUT2D eigenvalue weighted by Gasteiger charge is 2.32. The lowest BCUT2D eigenvalue weighted by atomic mass is 9.99. The standard InChI is InChI=1S/C18H27N6O5P/c1-11-5-12(7-28-30(26)23-6-13(25)27-8-18(2,3)4)29-17(11)24-10-22-14-15(19)20-9-21-16(14)24/h7,9-11,17,30H,5-6,8H2,1-4H3,(H,23,26)(H2,19,20,21)/b12-7+/t11-,17+/m0/s1. The maximum atomic E-state index is 12.0. The Morgan fingerprint density at radius 2 is 2.20 bits per heavy atom. The Kier molecular flexibility index (Phi) is 6.62. The van der Waals surface area contributed by atoms with Crippen LogP contribution in [0, 0.1) is 11.3 Å². The number of fused-ring (bicyclic) bond motifs is 1. The van der Waals surface area contributed by atoms with E-state index in [9.17, 15) is 9.36 Å². The van der Waals surface area contributed by atoms with Crippen molar-refractivity contribution in [1.82, 2.24) is 24.6 Å². The zero-order valence-electron chi connectivity index (χ0n) is 17.4. The summed E-state index contributed by atoms with van der Waals surface area (Å²) in [6, 6.07) is 0. The highest BCUT2D eigenvalue weighted by atomic mass is 31.1. The number of nitrogens with two attached hydrogens (primary N) is 1. The molecule has 164 valence electrons. The van der Waals surface area contributed by atoms with Gasteiger partial charge in [0.15, 0.2) is 17.7 Å². The molecule has 2 aromatic rings. The van der Waals surface area contributed by atoms with Crippen LogP contribution in [-0.4, -0.2) is 38.6 Å². The molecule has 1 aliphatic rings. The van der Waals surface area contributed by atoms with E-state index in [1.807, 2.05) is 27.7 Å². The number of anilines is 1. The van der Waals surface area contributed by atoms with E-state index in [-0.39, 0.29) is 30.7 Å². The number of rotatable bonds is 7. The van der Waals surface area contributed by atoms with Crippen molar-refractivity contribution in [3.05, 3.63) is 24.7 Å². The van der Waals surface area contributed by atoms with Crippen molar-refractivity contribution in [2.24, 2.45) is 11.3 Å². The fourth-order valence-corrected chi connectivity index (χ4v) is 3.46. The van der Waals surface area contributed by atoms with Gasteiger partial charge in [-0.15, -0.1) is 0 Å². The van der Waals surface area contributed by atoms with Crippen LogP contribution in [0.2, 0.25) is 0 Å². The summed E-state index contributed by atoms with van der Waals surface area (Å²) in [5.41, 5.74) is 6.78. The zero-order valence-corrected chi connectivity index (χ0v) is 18.4. The second-order valence-electron chi connectivity index (χ2n) is 8.34. The highest BCUT2D eigenvalue weighted by molar-refractivity contribution is 7.36. The summed E-state index contributed by atoms with van der Waals surface area (Å²) in [5.74, 6) is 0.440. The summed E-state index contributed by atoms with van der Waals surface area (Å²) >= 11 is 0. The largest absolute Gasteiger partial charge is 0.471 e. The predicted octanol–water partition coefficient (Wildman–Crippen LogP) is 2.39. The smallest absolute Gasteiger partial charge is 0.320 e. The van der Waals surface area contributed by atoms with Gasteiger partial charge in [0, 0.05) is 12.3 Å². The van der Waals surface area contributed by atoms with E-state index >= 15 is 0 Å². The van der Waals surface area contributed by atoms with Gasteiger partial charge in [-0.05, 0) is 5.41 Å². The van der Waals surface area contributed by atoms with E-state index in [2.05, 4.69) is 20.0 Å². The predicted molar refractivity (Wildman–Crippen MR) is 110 cm³/mol. The Balaban J connectivity index is 1.53. The number of aromatic nitrogens is 4. The second-order valence-corrected chi connectivity index (χ2v) is 9.50. The Bertz CT molecular complexity index is 970. The van der Waals surface area contributed by atoms with Gasteiger partial charge >= 0.3 is 14.1 Å². The number of nitrogen functional groups attached to an aromatic ring is 1. The molecule has 12 heteroatoms. The van der Waals surface area contributed by atoms with Gasteiger partial charge in [-0.1, -0.05) is 27.7 Å². The Morgan fingerprint density at radius 1 is 1.43 bits per heavy atom. The molecule has 1 fully saturated rings. The maximum absolute atomic E-state index is 12.0. The minimum absolute atomic E-state index is 0.0936. The number of nitrogens with one attached hydrogen (secondary N) is 1. The van der Waals surface area contributed by atoms with Crippen LogP contribution in [0.4, 0.5) is 5.82 Å². The lowest BCUT2D eigenvalue weighted by molar-refractivity contribution is -0.144. The average molecular weight is 438 g/mol. The molecule has 0 aliphatic carbocycles. The third kappa shape index (κ3) is 5.48. The van der Waals surface area contributed by atoms with Crippen LogP contribution in [0.5, 0.6) is 0 Å². The molecule has 1 aliphatic heterocycles. The van der Waals surface area contributed by atoms with Crippen LogP contribution < -0.4 is 10.8 Å². The molecule has 0 aromatic carbocycles. The van der Waals surface area contributed by atoms with E-state index in [0.717, 1.165) is 0 Å². The van der Waals surface area contributed by atoms with E-state index in [4.69, 9.17) is 19.7 Å². The molecule has 1 saturated heterocycles. The van der Waals surface area contributed by atoms with Gasteiger partial charge in [-0.2, -0.15) is 0 Å². The highest BCUT2D eigenvalue weighted by Crippen LogP contribution is 2.38. The maximum Gasteiger partial charge on any atom is 0.320 e. The Hall–Kier alpha value is -2.65. The first kappa shape index (κ1) is 22.0. The number of nitrogens with zero attached hydrogens (tertiary/aromatic N) is 4. The fourth-order valence-electron chi connectivity index (χ4n) is 2.85. The van der Waals surface area contributed by atoms with E-state index in [0.29, 0.717) is 29.2 Å². The van der Waals surface area contributed by atoms with Crippen molar-refractivity contribution in [1.29, 1.82) is 0 Å². The fraction of sp³-hybridized carbons (Fsp3) is 0.556. The molecule has 11 nitrogen and oxygen atoms in total. The first-order valence-corrected chi connectivity index (χ1v) is 10.8. The number of carbonyl (C=O) groups excluding carboxylic acids is 1. The number of allylic oxidation sites excluding steroid dienone is 1. The van der Waals surface area contributed by atoms with Crippen molar-refractivity contribution in [3.63, 3.8) is 0 Å². The number of esters is 1. The lowest BCUT2D eigenvalue weighted by Gasteiger charge is -2.17. The van der Waals surface area contributed by atoms with Crippen molar-refractivity contribution < 1.29 is 23.4 Å². The van der Waals surface area contributed by atoms with Crippen molar-refractivity contribution >= 4 is 31.1 Å². The van der Waals surface area contributed by atoms with Crippen molar-refractivity contribution in [2.45, 2.75) is 40.3 Å². The second kappa shape index (κ2) is 9.01. The third-order valence-corrected chi connectivity index (χ3v) is 5.08. The van der Waals surface area contributed by atoms with Gasteiger partial charge in [0.25, 0.3) is 0 Å². The average Bonchev–Trinajstić information content (AvgIpc) is 3.26. The van der Waals surface area contributed by atoms with Gasteiger partial charge < -0.3 is 19.7 Å². The first-order chi connectivity index (χ1) is 14.1. The van der Waals surface area contributed by atoms with Crippen LogP contribution >= 0.6 is 8.18 Å². The third-order valence-electron chi connectivity index (χ3n) is 4.28. The van der Waals surface area contributed by atoms with E-state index in [1.54, 1.807) is 10.9 Å². The summed E-state index contributed by atoms with van der Waals surface area (Å²) in [7, 11) is -2.67. The lowest BCUT2D eigenvalue weighted by Crippen LogP contribution is -2.24. The monoisotopic (exact) mass is 438 g/mol. The molecule has 3 rings (SSSR count). The number of hydrogen-bond donors (Lipinski definition) is 2. The summed E-state index contributed by atoms with van der Waals surface area (Å²) < 4.78 is 30.0. The number of ether oxygens (including phenoxy) is 2. The molecule has 3 N–H and O–H groups in total. The summed E-state index contributed by atoms with van der Waals surface area (Å²) in [4.78, 5) is 24.1. The molecule has 30 heavy (non-hydrogen) atoms. The summed E-state index contributed by atoms with van der Waals surface area (Å²) in [6.07, 6.45) is 4.51. The minimum Gasteiger partial charge on any atom is -0.471 e. The van der Waals surface area contributed by atoms with Gasteiger partial charge in [-0.3, -0.25) is 13.9 Å². The minimum atomic E-state index is -2.67. The SMILES string of the molecule is C[C@H]1C/C(=C\O[PH](=O)NCC(=O)OCC(C)(C)C)O[C@H]1n1cnc2c(N)ncnc21. The zero-order chi connectivity index (χ0) is 21.9. The Morgan fingerprint density at radius 3 is 2.93 bits per heavy atom. The van der Waals surface area contributed by atoms with Crippen LogP contribution in [-0.2, 0) is 23.4 Å². The number of carbonyl (C=O) groups is 1. The van der Waals surface area contributed by atoms with Gasteiger partial charge in [-0.25, -0.2) is 20.0 Å². The molecule has 0 spiro atoms. The van der Waals surface area contributed by atoms with Crippen LogP contribution in [0.3, 0.4) is 0 Å². The van der Waals surface area contributed by atoms with Gasteiger partial charge in [0.05, 0.1) is 6.61 Å². The molecule has 2 aromatic heterocycles. The quantitative estimate of drug-likeness (QED) is 0.376. The normalized spacial score (nSPS) is 21.5. The molecule has 0 amide bonds. The van der Waals surface area contributed by atoms with E-state index < -0.39 is 14.1 Å². The molecule has 3 heterocycles. The topological polar surface area (TPSA) is 143 Å². The molecular weight excluding hydrogens is 411 g/mol. The van der Waals surface area contributed by atoms with Gasteiger partial charge in [0.2, 0.25) is 0 Å². The molecule has 1 unspecified atom stereocenters. The molecule has 3 atom stereocenters. The van der Waals surface area contributed by atoms with Crippen LogP contribution in [0.15, 0.2) is 24.7 Å².